The van der Waals surface area contributed by atoms with Gasteiger partial charge in [-0.15, -0.1) is 0 Å². The molecule has 1 rings (SSSR count). The van der Waals surface area contributed by atoms with Crippen molar-refractivity contribution in [3.63, 3.8) is 0 Å². The van der Waals surface area contributed by atoms with E-state index in [2.05, 4.69) is 12.2 Å². The zero-order valence-electron chi connectivity index (χ0n) is 12.7. The lowest BCUT2D eigenvalue weighted by Crippen LogP contribution is -2.32. The quantitative estimate of drug-likeness (QED) is 0.709. The lowest BCUT2D eigenvalue weighted by atomic mass is 9.84. The minimum atomic E-state index is -2.80. The van der Waals surface area contributed by atoms with Crippen LogP contribution in [0.5, 0.6) is 0 Å². The minimum absolute atomic E-state index is 0.335. The van der Waals surface area contributed by atoms with Gasteiger partial charge in [-0.05, 0) is 38.1 Å². The van der Waals surface area contributed by atoms with E-state index in [1.54, 1.807) is 0 Å². The van der Waals surface area contributed by atoms with E-state index in [-0.39, 0.29) is 0 Å². The molecular weight excluding hydrogens is 258 g/mol. The van der Waals surface area contributed by atoms with Gasteiger partial charge in [0.2, 0.25) is 0 Å². The summed E-state index contributed by atoms with van der Waals surface area (Å²) in [4.78, 5) is 0. The Morgan fingerprint density at radius 3 is 2.47 bits per heavy atom. The van der Waals surface area contributed by atoms with Gasteiger partial charge in [-0.3, -0.25) is 0 Å². The number of sulfone groups is 1. The first-order chi connectivity index (χ1) is 9.01. The van der Waals surface area contributed by atoms with Crippen LogP contribution in [0.1, 0.15) is 64.7 Å². The molecular formula is C15H31NO2S. The highest BCUT2D eigenvalue weighted by Gasteiger charge is 2.18. The average Bonchev–Trinajstić information content (AvgIpc) is 2.35. The maximum Gasteiger partial charge on any atom is 0.147 e. The van der Waals surface area contributed by atoms with Crippen molar-refractivity contribution in [2.75, 3.05) is 18.6 Å². The Labute approximate surface area is 119 Å². The lowest BCUT2D eigenvalue weighted by Gasteiger charge is -2.27. The van der Waals surface area contributed by atoms with Crippen LogP contribution in [0.4, 0.5) is 0 Å². The molecule has 1 aliphatic carbocycles. The largest absolute Gasteiger partial charge is 0.314 e. The number of hydrogen-bond acceptors (Lipinski definition) is 3. The molecule has 0 aliphatic heterocycles. The third kappa shape index (κ3) is 8.64. The summed E-state index contributed by atoms with van der Waals surface area (Å²) in [6.45, 7) is 3.23. The van der Waals surface area contributed by atoms with E-state index in [4.69, 9.17) is 0 Å². The van der Waals surface area contributed by atoms with Gasteiger partial charge < -0.3 is 5.32 Å². The summed E-state index contributed by atoms with van der Waals surface area (Å²) < 4.78 is 22.4. The van der Waals surface area contributed by atoms with Crippen molar-refractivity contribution >= 4 is 9.84 Å². The predicted molar refractivity (Wildman–Crippen MR) is 82.2 cm³/mol. The van der Waals surface area contributed by atoms with Crippen molar-refractivity contribution in [3.05, 3.63) is 0 Å². The highest BCUT2D eigenvalue weighted by atomic mass is 32.2. The SMILES string of the molecule is CCCNC(CCCS(C)(=O)=O)CC1CCCCC1. The molecule has 1 saturated carbocycles. The van der Waals surface area contributed by atoms with Gasteiger partial charge in [0.1, 0.15) is 9.84 Å². The fourth-order valence-electron chi connectivity index (χ4n) is 3.07. The fraction of sp³-hybridized carbons (Fsp3) is 1.00. The summed E-state index contributed by atoms with van der Waals surface area (Å²) in [5.41, 5.74) is 0. The van der Waals surface area contributed by atoms with E-state index in [0.29, 0.717) is 11.8 Å². The van der Waals surface area contributed by atoms with Crippen LogP contribution in [0.25, 0.3) is 0 Å². The van der Waals surface area contributed by atoms with Gasteiger partial charge in [0.15, 0.2) is 0 Å². The second-order valence-corrected chi connectivity index (χ2v) is 8.42. The predicted octanol–water partition coefficient (Wildman–Crippen LogP) is 3.15. The molecule has 0 amide bonds. The zero-order valence-corrected chi connectivity index (χ0v) is 13.5. The Kier molecular flexibility index (Phi) is 8.00. The average molecular weight is 289 g/mol. The first-order valence-electron chi connectivity index (χ1n) is 7.92. The minimum Gasteiger partial charge on any atom is -0.314 e. The van der Waals surface area contributed by atoms with Crippen LogP contribution >= 0.6 is 0 Å². The Morgan fingerprint density at radius 1 is 1.21 bits per heavy atom. The first kappa shape index (κ1) is 17.0. The molecule has 0 aromatic heterocycles. The Hall–Kier alpha value is -0.0900. The molecule has 0 radical (unpaired) electrons. The molecule has 1 fully saturated rings. The standard InChI is InChI=1S/C15H31NO2S/c1-3-11-16-15(10-7-12-19(2,17)18)13-14-8-5-4-6-9-14/h14-16H,3-13H2,1-2H3. The second-order valence-electron chi connectivity index (χ2n) is 6.16. The van der Waals surface area contributed by atoms with Gasteiger partial charge in [-0.2, -0.15) is 0 Å². The van der Waals surface area contributed by atoms with Crippen molar-refractivity contribution in [1.29, 1.82) is 0 Å². The molecule has 0 spiro atoms. The van der Waals surface area contributed by atoms with Crippen molar-refractivity contribution < 1.29 is 8.42 Å². The summed E-state index contributed by atoms with van der Waals surface area (Å²) in [6, 6.07) is 0.518. The first-order valence-corrected chi connectivity index (χ1v) is 9.98. The van der Waals surface area contributed by atoms with E-state index in [0.717, 1.165) is 31.7 Å². The van der Waals surface area contributed by atoms with Crippen molar-refractivity contribution in [2.45, 2.75) is 70.8 Å². The highest BCUT2D eigenvalue weighted by Crippen LogP contribution is 2.28. The van der Waals surface area contributed by atoms with Crippen molar-refractivity contribution in [2.24, 2.45) is 5.92 Å². The van der Waals surface area contributed by atoms with E-state index >= 15 is 0 Å². The van der Waals surface area contributed by atoms with Gasteiger partial charge in [0.25, 0.3) is 0 Å². The Morgan fingerprint density at radius 2 is 1.89 bits per heavy atom. The van der Waals surface area contributed by atoms with Crippen LogP contribution in [0.2, 0.25) is 0 Å². The third-order valence-corrected chi connectivity index (χ3v) is 5.12. The monoisotopic (exact) mass is 289 g/mol. The number of nitrogens with one attached hydrogen (secondary N) is 1. The van der Waals surface area contributed by atoms with Gasteiger partial charge in [-0.25, -0.2) is 8.42 Å². The highest BCUT2D eigenvalue weighted by molar-refractivity contribution is 7.90. The van der Waals surface area contributed by atoms with Gasteiger partial charge in [0.05, 0.1) is 0 Å². The second kappa shape index (κ2) is 8.96. The molecule has 3 nitrogen and oxygen atoms in total. The fourth-order valence-corrected chi connectivity index (χ4v) is 3.76. The summed E-state index contributed by atoms with van der Waals surface area (Å²) in [5.74, 6) is 1.20. The number of hydrogen-bond donors (Lipinski definition) is 1. The third-order valence-electron chi connectivity index (χ3n) is 4.09. The summed E-state index contributed by atoms with van der Waals surface area (Å²) in [6.07, 6.45) is 12.4. The smallest absolute Gasteiger partial charge is 0.147 e. The molecule has 1 unspecified atom stereocenters. The molecule has 0 heterocycles. The lowest BCUT2D eigenvalue weighted by molar-refractivity contribution is 0.290. The molecule has 1 N–H and O–H groups in total. The maximum atomic E-state index is 11.2. The van der Waals surface area contributed by atoms with Crippen LogP contribution in [0.3, 0.4) is 0 Å². The van der Waals surface area contributed by atoms with Crippen LogP contribution in [0, 0.1) is 5.92 Å². The topological polar surface area (TPSA) is 46.2 Å². The molecule has 1 aliphatic rings. The molecule has 0 aromatic carbocycles. The summed E-state index contributed by atoms with van der Waals surface area (Å²) >= 11 is 0. The number of rotatable bonds is 9. The van der Waals surface area contributed by atoms with Crippen LogP contribution < -0.4 is 5.32 Å². The van der Waals surface area contributed by atoms with Crippen LogP contribution in [-0.2, 0) is 9.84 Å². The summed E-state index contributed by atoms with van der Waals surface area (Å²) in [7, 11) is -2.80. The maximum absolute atomic E-state index is 11.2. The zero-order chi connectivity index (χ0) is 14.1. The van der Waals surface area contributed by atoms with Crippen molar-refractivity contribution in [1.82, 2.24) is 5.32 Å². The van der Waals surface area contributed by atoms with Gasteiger partial charge >= 0.3 is 0 Å². The van der Waals surface area contributed by atoms with Crippen LogP contribution in [0.15, 0.2) is 0 Å². The Bertz CT molecular complexity index is 321. The van der Waals surface area contributed by atoms with E-state index < -0.39 is 9.84 Å². The molecule has 0 bridgehead atoms. The summed E-state index contributed by atoms with van der Waals surface area (Å²) in [5, 5.41) is 3.61. The normalized spacial score (nSPS) is 19.5. The Balaban J connectivity index is 2.32. The van der Waals surface area contributed by atoms with Gasteiger partial charge in [0, 0.05) is 18.1 Å². The van der Waals surface area contributed by atoms with E-state index in [9.17, 15) is 8.42 Å². The molecule has 0 saturated heterocycles. The molecule has 1 atom stereocenters. The van der Waals surface area contributed by atoms with Gasteiger partial charge in [-0.1, -0.05) is 39.0 Å². The van der Waals surface area contributed by atoms with Crippen molar-refractivity contribution in [3.8, 4) is 0 Å². The van der Waals surface area contributed by atoms with E-state index in [1.807, 2.05) is 0 Å². The molecule has 0 aromatic rings. The molecule has 114 valence electrons. The van der Waals surface area contributed by atoms with E-state index in [1.165, 1.54) is 44.8 Å². The molecule has 4 heteroatoms. The van der Waals surface area contributed by atoms with Crippen LogP contribution in [-0.4, -0.2) is 33.0 Å². The molecule has 19 heavy (non-hydrogen) atoms.